The minimum Gasteiger partial charge on any atom is -0.396 e. The third-order valence-electron chi connectivity index (χ3n) is 3.39. The summed E-state index contributed by atoms with van der Waals surface area (Å²) in [6, 6.07) is 5.56. The van der Waals surface area contributed by atoms with Crippen LogP contribution < -0.4 is 10.6 Å². The second-order valence-electron chi connectivity index (χ2n) is 4.71. The fourth-order valence-electron chi connectivity index (χ4n) is 2.37. The molecule has 2 rings (SSSR count). The van der Waals surface area contributed by atoms with Crippen molar-refractivity contribution in [3.63, 3.8) is 0 Å². The van der Waals surface area contributed by atoms with Gasteiger partial charge in [-0.25, -0.2) is 0 Å². The summed E-state index contributed by atoms with van der Waals surface area (Å²) >= 11 is 6.12. The summed E-state index contributed by atoms with van der Waals surface area (Å²) in [7, 11) is 0. The van der Waals surface area contributed by atoms with E-state index < -0.39 is 0 Å². The van der Waals surface area contributed by atoms with Gasteiger partial charge in [-0.1, -0.05) is 11.6 Å². The van der Waals surface area contributed by atoms with Gasteiger partial charge in [0.2, 0.25) is 0 Å². The van der Waals surface area contributed by atoms with E-state index in [-0.39, 0.29) is 12.4 Å². The summed E-state index contributed by atoms with van der Waals surface area (Å²) in [5.41, 5.74) is 7.04. The van der Waals surface area contributed by atoms with E-state index in [2.05, 4.69) is 4.90 Å². The van der Waals surface area contributed by atoms with Crippen molar-refractivity contribution < 1.29 is 5.11 Å². The number of hydrogen-bond donors (Lipinski definition) is 3. The Balaban J connectivity index is 2.18. The van der Waals surface area contributed by atoms with Crippen molar-refractivity contribution in [2.24, 2.45) is 11.7 Å². The van der Waals surface area contributed by atoms with Crippen LogP contribution in [0, 0.1) is 11.3 Å². The van der Waals surface area contributed by atoms with E-state index in [1.807, 2.05) is 12.1 Å². The highest BCUT2D eigenvalue weighted by Crippen LogP contribution is 2.27. The number of benzene rings is 1. The molecule has 18 heavy (non-hydrogen) atoms. The largest absolute Gasteiger partial charge is 0.396 e. The molecule has 0 spiro atoms. The van der Waals surface area contributed by atoms with Crippen molar-refractivity contribution >= 4 is 23.1 Å². The van der Waals surface area contributed by atoms with Gasteiger partial charge < -0.3 is 15.7 Å². The fourth-order valence-corrected chi connectivity index (χ4v) is 2.64. The standard InChI is InChI=1S/C13H18ClN3O/c14-12-6-10(3-4-11(12)13(15)16)17-5-1-2-9(7-17)8-18/h3-4,6,9,18H,1-2,5,7-8H2,(H3,15,16). The maximum Gasteiger partial charge on any atom is 0.124 e. The third kappa shape index (κ3) is 2.76. The highest BCUT2D eigenvalue weighted by Gasteiger charge is 2.20. The first-order chi connectivity index (χ1) is 8.61. The number of nitrogen functional groups attached to an aromatic ring is 1. The number of nitrogens with zero attached hydrogens (tertiary/aromatic N) is 1. The molecule has 0 amide bonds. The molecule has 1 fully saturated rings. The SMILES string of the molecule is N=C(N)c1ccc(N2CCCC(CO)C2)cc1Cl. The van der Waals surface area contributed by atoms with Gasteiger partial charge in [0.15, 0.2) is 0 Å². The molecule has 1 atom stereocenters. The van der Waals surface area contributed by atoms with Gasteiger partial charge >= 0.3 is 0 Å². The highest BCUT2D eigenvalue weighted by molar-refractivity contribution is 6.34. The van der Waals surface area contributed by atoms with Crippen LogP contribution in [0.4, 0.5) is 5.69 Å². The van der Waals surface area contributed by atoms with E-state index >= 15 is 0 Å². The van der Waals surface area contributed by atoms with Crippen LogP contribution in [0.2, 0.25) is 5.02 Å². The zero-order valence-electron chi connectivity index (χ0n) is 10.2. The van der Waals surface area contributed by atoms with Gasteiger partial charge in [0.25, 0.3) is 0 Å². The Kier molecular flexibility index (Phi) is 4.09. The van der Waals surface area contributed by atoms with E-state index in [9.17, 15) is 5.11 Å². The number of aliphatic hydroxyl groups is 1. The predicted molar refractivity (Wildman–Crippen MR) is 74.5 cm³/mol. The van der Waals surface area contributed by atoms with Gasteiger partial charge in [-0.2, -0.15) is 0 Å². The maximum absolute atomic E-state index is 9.23. The number of piperidine rings is 1. The molecule has 1 aromatic carbocycles. The topological polar surface area (TPSA) is 73.3 Å². The van der Waals surface area contributed by atoms with Crippen LogP contribution >= 0.6 is 11.6 Å². The highest BCUT2D eigenvalue weighted by atomic mass is 35.5. The van der Waals surface area contributed by atoms with Crippen molar-refractivity contribution in [3.8, 4) is 0 Å². The van der Waals surface area contributed by atoms with Crippen LogP contribution in [0.25, 0.3) is 0 Å². The number of nitrogens with two attached hydrogens (primary N) is 1. The van der Waals surface area contributed by atoms with E-state index in [1.165, 1.54) is 0 Å². The molecule has 4 N–H and O–H groups in total. The van der Waals surface area contributed by atoms with Gasteiger partial charge in [-0.3, -0.25) is 5.41 Å². The van der Waals surface area contributed by atoms with Crippen LogP contribution in [0.3, 0.4) is 0 Å². The summed E-state index contributed by atoms with van der Waals surface area (Å²) in [5.74, 6) is 0.323. The number of halogens is 1. The predicted octanol–water partition coefficient (Wildman–Crippen LogP) is 1.83. The first-order valence-corrected chi connectivity index (χ1v) is 6.49. The lowest BCUT2D eigenvalue weighted by Crippen LogP contribution is -2.36. The molecule has 1 aliphatic heterocycles. The molecule has 0 saturated carbocycles. The molecule has 1 saturated heterocycles. The second-order valence-corrected chi connectivity index (χ2v) is 5.12. The number of anilines is 1. The van der Waals surface area contributed by atoms with Crippen LogP contribution in [-0.4, -0.2) is 30.6 Å². The summed E-state index contributed by atoms with van der Waals surface area (Å²) in [6.45, 7) is 2.06. The van der Waals surface area contributed by atoms with Crippen molar-refractivity contribution in [2.45, 2.75) is 12.8 Å². The second kappa shape index (κ2) is 5.59. The number of nitrogens with one attached hydrogen (secondary N) is 1. The molecular weight excluding hydrogens is 250 g/mol. The Morgan fingerprint density at radius 1 is 1.56 bits per heavy atom. The smallest absolute Gasteiger partial charge is 0.124 e. The fraction of sp³-hybridized carbons (Fsp3) is 0.462. The number of aliphatic hydroxyl groups excluding tert-OH is 1. The Bertz CT molecular complexity index is 450. The van der Waals surface area contributed by atoms with Crippen LogP contribution in [0.1, 0.15) is 18.4 Å². The molecule has 0 radical (unpaired) electrons. The van der Waals surface area contributed by atoms with Crippen molar-refractivity contribution in [1.29, 1.82) is 5.41 Å². The van der Waals surface area contributed by atoms with Gasteiger partial charge in [-0.15, -0.1) is 0 Å². The first kappa shape index (κ1) is 13.2. The zero-order chi connectivity index (χ0) is 13.1. The molecule has 1 aliphatic rings. The number of rotatable bonds is 3. The first-order valence-electron chi connectivity index (χ1n) is 6.11. The van der Waals surface area contributed by atoms with Crippen molar-refractivity contribution in [1.82, 2.24) is 0 Å². The molecule has 1 aromatic rings. The summed E-state index contributed by atoms with van der Waals surface area (Å²) in [5, 5.41) is 17.1. The average molecular weight is 268 g/mol. The third-order valence-corrected chi connectivity index (χ3v) is 3.70. The van der Waals surface area contributed by atoms with E-state index in [0.29, 0.717) is 16.5 Å². The van der Waals surface area contributed by atoms with E-state index in [1.54, 1.807) is 6.07 Å². The molecule has 1 unspecified atom stereocenters. The molecular formula is C13H18ClN3O. The molecule has 1 heterocycles. The number of hydrogen-bond acceptors (Lipinski definition) is 3. The molecule has 0 aromatic heterocycles. The Labute approximate surface area is 112 Å². The van der Waals surface area contributed by atoms with Gasteiger partial charge in [0, 0.05) is 30.9 Å². The summed E-state index contributed by atoms with van der Waals surface area (Å²) in [4.78, 5) is 2.22. The lowest BCUT2D eigenvalue weighted by molar-refractivity contribution is 0.209. The molecule has 0 bridgehead atoms. The summed E-state index contributed by atoms with van der Waals surface area (Å²) < 4.78 is 0. The lowest BCUT2D eigenvalue weighted by atomic mass is 9.98. The quantitative estimate of drug-likeness (QED) is 0.578. The Morgan fingerprint density at radius 3 is 2.94 bits per heavy atom. The molecule has 98 valence electrons. The van der Waals surface area contributed by atoms with Gasteiger partial charge in [0.1, 0.15) is 5.84 Å². The van der Waals surface area contributed by atoms with E-state index in [4.69, 9.17) is 22.7 Å². The van der Waals surface area contributed by atoms with Crippen LogP contribution in [-0.2, 0) is 0 Å². The molecule has 5 heteroatoms. The van der Waals surface area contributed by atoms with Crippen LogP contribution in [0.15, 0.2) is 18.2 Å². The Hall–Kier alpha value is -1.26. The monoisotopic (exact) mass is 267 g/mol. The number of amidine groups is 1. The Morgan fingerprint density at radius 2 is 2.33 bits per heavy atom. The average Bonchev–Trinajstić information content (AvgIpc) is 2.38. The van der Waals surface area contributed by atoms with Gasteiger partial charge in [-0.05, 0) is 37.0 Å². The van der Waals surface area contributed by atoms with E-state index in [0.717, 1.165) is 31.6 Å². The van der Waals surface area contributed by atoms with Crippen LogP contribution in [0.5, 0.6) is 0 Å². The maximum atomic E-state index is 9.23. The zero-order valence-corrected chi connectivity index (χ0v) is 11.0. The minimum atomic E-state index is -0.0153. The van der Waals surface area contributed by atoms with Crippen molar-refractivity contribution in [2.75, 3.05) is 24.6 Å². The molecule has 0 aliphatic carbocycles. The van der Waals surface area contributed by atoms with Crippen molar-refractivity contribution in [3.05, 3.63) is 28.8 Å². The van der Waals surface area contributed by atoms with Gasteiger partial charge in [0.05, 0.1) is 5.02 Å². The molecule has 4 nitrogen and oxygen atoms in total. The minimum absolute atomic E-state index is 0.0153. The normalized spacial score (nSPS) is 19.9. The lowest BCUT2D eigenvalue weighted by Gasteiger charge is -2.33. The summed E-state index contributed by atoms with van der Waals surface area (Å²) in [6.07, 6.45) is 2.16.